The summed E-state index contributed by atoms with van der Waals surface area (Å²) in [4.78, 5) is 56.5. The van der Waals surface area contributed by atoms with E-state index in [1.165, 1.54) is 23.2 Å². The van der Waals surface area contributed by atoms with Crippen molar-refractivity contribution < 1.29 is 19.5 Å². The fraction of sp³-hybridized carbons (Fsp3) is 0.147. The van der Waals surface area contributed by atoms with Crippen molar-refractivity contribution >= 4 is 46.6 Å². The Bertz CT molecular complexity index is 1890. The number of aryl methyl sites for hydroxylation is 1. The molecule has 0 aliphatic heterocycles. The van der Waals surface area contributed by atoms with Crippen molar-refractivity contribution in [3.05, 3.63) is 114 Å². The van der Waals surface area contributed by atoms with Crippen molar-refractivity contribution in [2.75, 3.05) is 20.9 Å². The highest BCUT2D eigenvalue weighted by Crippen LogP contribution is 2.32. The van der Waals surface area contributed by atoms with E-state index in [4.69, 9.17) is 0 Å². The van der Waals surface area contributed by atoms with Crippen LogP contribution in [-0.2, 0) is 0 Å². The predicted molar refractivity (Wildman–Crippen MR) is 177 cm³/mol. The highest BCUT2D eigenvalue weighted by Gasteiger charge is 2.30. The first-order valence-corrected chi connectivity index (χ1v) is 14.3. The van der Waals surface area contributed by atoms with Gasteiger partial charge in [-0.1, -0.05) is 18.2 Å². The van der Waals surface area contributed by atoms with Crippen LogP contribution in [0.1, 0.15) is 47.2 Å². The maximum atomic E-state index is 13.1. The Hall–Kier alpha value is -6.17. The molecule has 0 aliphatic rings. The molecule has 0 atom stereocenters. The molecular formula is C34H32N8O4. The van der Waals surface area contributed by atoms with Gasteiger partial charge in [-0.05, 0) is 87.9 Å². The van der Waals surface area contributed by atoms with E-state index in [9.17, 15) is 19.5 Å². The largest absolute Gasteiger partial charge is 0.465 e. The third-order valence-corrected chi connectivity index (χ3v) is 6.87. The number of carbonyl (C=O) groups excluding carboxylic acids is 2. The van der Waals surface area contributed by atoms with E-state index in [1.54, 1.807) is 81.8 Å². The Balaban J connectivity index is 1.27. The normalized spacial score (nSPS) is 11.0. The first-order chi connectivity index (χ1) is 22.0. The Morgan fingerprint density at radius 3 is 2.30 bits per heavy atom. The van der Waals surface area contributed by atoms with Gasteiger partial charge in [-0.25, -0.2) is 14.8 Å². The van der Waals surface area contributed by atoms with Crippen LogP contribution in [0.3, 0.4) is 0 Å². The second kappa shape index (κ2) is 13.2. The molecule has 0 spiro atoms. The molecule has 12 heteroatoms. The minimum Gasteiger partial charge on any atom is -0.465 e. The number of amides is 3. The Kier molecular flexibility index (Phi) is 8.99. The Morgan fingerprint density at radius 1 is 0.804 bits per heavy atom. The second-order valence-corrected chi connectivity index (χ2v) is 11.3. The molecular weight excluding hydrogens is 584 g/mol. The van der Waals surface area contributed by atoms with Crippen molar-refractivity contribution in [3.8, 4) is 11.3 Å². The number of nitrogens with zero attached hydrogens (tertiary/aromatic N) is 5. The van der Waals surface area contributed by atoms with Crippen LogP contribution in [0.5, 0.6) is 0 Å². The number of anilines is 5. The van der Waals surface area contributed by atoms with Gasteiger partial charge in [0, 0.05) is 47.3 Å². The lowest BCUT2D eigenvalue weighted by atomic mass is 10.0. The number of nitrogens with one attached hydrogen (secondary N) is 3. The molecule has 46 heavy (non-hydrogen) atoms. The molecule has 0 unspecified atom stereocenters. The summed E-state index contributed by atoms with van der Waals surface area (Å²) in [5.74, 6) is -0.581. The zero-order valence-corrected chi connectivity index (χ0v) is 25.6. The molecule has 3 heterocycles. The van der Waals surface area contributed by atoms with Crippen LogP contribution < -0.4 is 20.9 Å². The number of carboxylic acid groups (broad SMARTS) is 1. The number of carbonyl (C=O) groups is 3. The molecule has 2 aromatic carbocycles. The van der Waals surface area contributed by atoms with Crippen LogP contribution >= 0.6 is 0 Å². The molecule has 0 fully saturated rings. The van der Waals surface area contributed by atoms with Gasteiger partial charge in [0.25, 0.3) is 11.8 Å². The highest BCUT2D eigenvalue weighted by atomic mass is 16.4. The van der Waals surface area contributed by atoms with Gasteiger partial charge in [0.1, 0.15) is 5.69 Å². The summed E-state index contributed by atoms with van der Waals surface area (Å²) in [6.07, 6.45) is 5.23. The summed E-state index contributed by atoms with van der Waals surface area (Å²) in [5.41, 5.74) is 3.91. The summed E-state index contributed by atoms with van der Waals surface area (Å²) in [6.45, 7) is 7.20. The summed E-state index contributed by atoms with van der Waals surface area (Å²) in [5, 5.41) is 18.6. The molecule has 5 rings (SSSR count). The van der Waals surface area contributed by atoms with Crippen LogP contribution in [0.2, 0.25) is 0 Å². The van der Waals surface area contributed by atoms with Gasteiger partial charge in [0.05, 0.1) is 22.6 Å². The van der Waals surface area contributed by atoms with Crippen LogP contribution in [0.4, 0.5) is 33.5 Å². The minimum absolute atomic E-state index is 0.0549. The van der Waals surface area contributed by atoms with Gasteiger partial charge in [0.15, 0.2) is 0 Å². The predicted octanol–water partition coefficient (Wildman–Crippen LogP) is 6.77. The first kappa shape index (κ1) is 31.3. The lowest BCUT2D eigenvalue weighted by molar-refractivity contribution is 0.101. The smallest absolute Gasteiger partial charge is 0.412 e. The maximum absolute atomic E-state index is 13.1. The van der Waals surface area contributed by atoms with Crippen LogP contribution in [-0.4, -0.2) is 48.5 Å². The maximum Gasteiger partial charge on any atom is 0.412 e. The van der Waals surface area contributed by atoms with Crippen LogP contribution in [0.25, 0.3) is 11.3 Å². The Morgan fingerprint density at radius 2 is 1.61 bits per heavy atom. The van der Waals surface area contributed by atoms with Crippen LogP contribution in [0.15, 0.2) is 97.6 Å². The van der Waals surface area contributed by atoms with Gasteiger partial charge < -0.3 is 21.1 Å². The van der Waals surface area contributed by atoms with Gasteiger partial charge in [0.2, 0.25) is 5.95 Å². The molecule has 0 saturated carbocycles. The standard InChI is InChI=1S/C34H32N8O4/c1-21-11-13-24(18-28(21)41-32-36-17-15-25(40-32)22-8-7-16-35-19-22)38-30(43)23-12-14-27(37-20-23)31(44)39-26-9-5-6-10-29(26)42(33(45)46)34(2,3)4/h5-20H,1-4H3,(H,38,43)(H,39,44)(H,45,46)(H,36,40,41). The summed E-state index contributed by atoms with van der Waals surface area (Å²) >= 11 is 0. The van der Waals surface area contributed by atoms with Crippen molar-refractivity contribution in [1.29, 1.82) is 0 Å². The van der Waals surface area contributed by atoms with Gasteiger partial charge >= 0.3 is 6.09 Å². The third kappa shape index (κ3) is 7.30. The summed E-state index contributed by atoms with van der Waals surface area (Å²) in [6, 6.07) is 20.5. The van der Waals surface area contributed by atoms with Gasteiger partial charge in [-0.3, -0.25) is 24.5 Å². The van der Waals surface area contributed by atoms with Crippen LogP contribution in [0, 0.1) is 6.92 Å². The highest BCUT2D eigenvalue weighted by molar-refractivity contribution is 6.07. The molecule has 3 aromatic heterocycles. The number of benzene rings is 2. The van der Waals surface area contributed by atoms with E-state index in [-0.39, 0.29) is 11.3 Å². The zero-order chi connectivity index (χ0) is 32.8. The third-order valence-electron chi connectivity index (χ3n) is 6.87. The summed E-state index contributed by atoms with van der Waals surface area (Å²) in [7, 11) is 0. The van der Waals surface area contributed by atoms with Gasteiger partial charge in [-0.2, -0.15) is 0 Å². The quantitative estimate of drug-likeness (QED) is 0.147. The van der Waals surface area contributed by atoms with E-state index in [2.05, 4.69) is 35.9 Å². The number of hydrogen-bond donors (Lipinski definition) is 4. The molecule has 0 bridgehead atoms. The number of rotatable bonds is 8. The fourth-order valence-electron chi connectivity index (χ4n) is 4.63. The molecule has 0 radical (unpaired) electrons. The molecule has 12 nitrogen and oxygen atoms in total. The second-order valence-electron chi connectivity index (χ2n) is 11.3. The Labute approximate surface area is 265 Å². The van der Waals surface area contributed by atoms with Crippen molar-refractivity contribution in [1.82, 2.24) is 19.9 Å². The van der Waals surface area contributed by atoms with E-state index < -0.39 is 23.4 Å². The van der Waals surface area contributed by atoms with Crippen molar-refractivity contribution in [3.63, 3.8) is 0 Å². The minimum atomic E-state index is -1.15. The first-order valence-electron chi connectivity index (χ1n) is 14.3. The SMILES string of the molecule is Cc1ccc(NC(=O)c2ccc(C(=O)Nc3ccccc3N(C(=O)O)C(C)(C)C)nc2)cc1Nc1nccc(-c2cccnc2)n1. The van der Waals surface area contributed by atoms with E-state index in [0.29, 0.717) is 34.4 Å². The average Bonchev–Trinajstić information content (AvgIpc) is 3.03. The van der Waals surface area contributed by atoms with Crippen molar-refractivity contribution in [2.24, 2.45) is 0 Å². The average molecular weight is 617 g/mol. The molecule has 5 aromatic rings. The lowest BCUT2D eigenvalue weighted by Crippen LogP contribution is -2.45. The number of pyridine rings is 2. The molecule has 4 N–H and O–H groups in total. The topological polar surface area (TPSA) is 162 Å². The molecule has 0 aliphatic carbocycles. The van der Waals surface area contributed by atoms with E-state index in [1.807, 2.05) is 25.1 Å². The lowest BCUT2D eigenvalue weighted by Gasteiger charge is -2.34. The fourth-order valence-corrected chi connectivity index (χ4v) is 4.63. The number of para-hydroxylation sites is 2. The number of hydrogen-bond acceptors (Lipinski definition) is 8. The van der Waals surface area contributed by atoms with E-state index >= 15 is 0 Å². The molecule has 0 saturated heterocycles. The van der Waals surface area contributed by atoms with Crippen molar-refractivity contribution in [2.45, 2.75) is 33.2 Å². The molecule has 3 amide bonds. The summed E-state index contributed by atoms with van der Waals surface area (Å²) < 4.78 is 0. The monoisotopic (exact) mass is 616 g/mol. The van der Waals surface area contributed by atoms with Gasteiger partial charge in [-0.15, -0.1) is 0 Å². The number of aromatic nitrogens is 4. The molecule has 232 valence electrons. The van der Waals surface area contributed by atoms with E-state index in [0.717, 1.165) is 11.1 Å². The zero-order valence-electron chi connectivity index (χ0n) is 25.6.